The van der Waals surface area contributed by atoms with Gasteiger partial charge in [-0.3, -0.25) is 4.79 Å². The number of hydrogen-bond donors (Lipinski definition) is 0. The van der Waals surface area contributed by atoms with Gasteiger partial charge in [-0.2, -0.15) is 4.31 Å². The van der Waals surface area contributed by atoms with E-state index in [2.05, 4.69) is 0 Å². The van der Waals surface area contributed by atoms with Crippen molar-refractivity contribution in [3.63, 3.8) is 0 Å². The minimum absolute atomic E-state index is 0.0375. The molecule has 3 rings (SSSR count). The maximum atomic E-state index is 13.1. The zero-order valence-electron chi connectivity index (χ0n) is 16.0. The van der Waals surface area contributed by atoms with E-state index in [9.17, 15) is 13.2 Å². The first-order valence-electron chi connectivity index (χ1n) is 9.36. The van der Waals surface area contributed by atoms with Crippen molar-refractivity contribution < 1.29 is 22.7 Å². The molecule has 7 nitrogen and oxygen atoms in total. The van der Waals surface area contributed by atoms with Crippen LogP contribution < -0.4 is 0 Å². The van der Waals surface area contributed by atoms with Crippen LogP contribution in [0.15, 0.2) is 23.1 Å². The number of rotatable bonds is 7. The molecular formula is C19H28N2O5S. The van der Waals surface area contributed by atoms with Gasteiger partial charge in [0, 0.05) is 39.9 Å². The van der Waals surface area contributed by atoms with E-state index < -0.39 is 10.0 Å². The molecule has 0 saturated carbocycles. The minimum atomic E-state index is -3.57. The van der Waals surface area contributed by atoms with E-state index >= 15 is 0 Å². The van der Waals surface area contributed by atoms with Gasteiger partial charge < -0.3 is 14.4 Å². The Hall–Kier alpha value is -1.48. The van der Waals surface area contributed by atoms with Crippen LogP contribution in [0, 0.1) is 0 Å². The number of hydrogen-bond acceptors (Lipinski definition) is 5. The summed E-state index contributed by atoms with van der Waals surface area (Å²) >= 11 is 0. The predicted octanol–water partition coefficient (Wildman–Crippen LogP) is 1.41. The van der Waals surface area contributed by atoms with Crippen molar-refractivity contribution in [3.8, 4) is 0 Å². The molecule has 1 aromatic rings. The lowest BCUT2D eigenvalue weighted by atomic mass is 10.00. The van der Waals surface area contributed by atoms with Crippen molar-refractivity contribution >= 4 is 15.9 Å². The lowest BCUT2D eigenvalue weighted by Crippen LogP contribution is -2.38. The molecule has 2 aliphatic heterocycles. The summed E-state index contributed by atoms with van der Waals surface area (Å²) in [7, 11) is -0.397. The topological polar surface area (TPSA) is 76.2 Å². The molecule has 2 heterocycles. The Labute approximate surface area is 161 Å². The summed E-state index contributed by atoms with van der Waals surface area (Å²) in [6.45, 7) is 2.43. The fourth-order valence-electron chi connectivity index (χ4n) is 3.87. The van der Waals surface area contributed by atoms with Crippen LogP contribution >= 0.6 is 0 Å². The van der Waals surface area contributed by atoms with Crippen LogP contribution in [-0.2, 0) is 37.3 Å². The third-order valence-corrected chi connectivity index (χ3v) is 7.30. The highest BCUT2D eigenvalue weighted by Gasteiger charge is 2.35. The van der Waals surface area contributed by atoms with Crippen LogP contribution in [0.5, 0.6) is 0 Å². The molecule has 1 unspecified atom stereocenters. The van der Waals surface area contributed by atoms with Gasteiger partial charge in [0.15, 0.2) is 0 Å². The molecule has 0 spiro atoms. The number of nitrogens with zero attached hydrogens (tertiary/aromatic N) is 2. The van der Waals surface area contributed by atoms with Crippen LogP contribution in [0.4, 0.5) is 0 Å². The normalized spacial score (nSPS) is 20.7. The third kappa shape index (κ3) is 4.34. The summed E-state index contributed by atoms with van der Waals surface area (Å²) in [6, 6.07) is 5.21. The summed E-state index contributed by atoms with van der Waals surface area (Å²) in [4.78, 5) is 14.4. The molecule has 2 aliphatic rings. The Morgan fingerprint density at radius 2 is 2.00 bits per heavy atom. The molecule has 1 aromatic carbocycles. The van der Waals surface area contributed by atoms with Crippen molar-refractivity contribution in [2.24, 2.45) is 0 Å². The molecule has 0 bridgehead atoms. The highest BCUT2D eigenvalue weighted by atomic mass is 32.2. The molecule has 1 atom stereocenters. The molecule has 8 heteroatoms. The van der Waals surface area contributed by atoms with E-state index in [1.807, 2.05) is 6.07 Å². The number of sulfonamides is 1. The maximum absolute atomic E-state index is 13.1. The van der Waals surface area contributed by atoms with Crippen LogP contribution in [-0.4, -0.2) is 70.1 Å². The largest absolute Gasteiger partial charge is 0.384 e. The Morgan fingerprint density at radius 1 is 1.19 bits per heavy atom. The van der Waals surface area contributed by atoms with Gasteiger partial charge in [-0.05, 0) is 42.5 Å². The quantitative estimate of drug-likeness (QED) is 0.697. The van der Waals surface area contributed by atoms with Gasteiger partial charge in [0.05, 0.1) is 24.5 Å². The highest BCUT2D eigenvalue weighted by molar-refractivity contribution is 7.89. The van der Waals surface area contributed by atoms with Gasteiger partial charge in [-0.15, -0.1) is 0 Å². The second kappa shape index (κ2) is 8.68. The van der Waals surface area contributed by atoms with Crippen molar-refractivity contribution in [2.45, 2.75) is 43.2 Å². The molecule has 1 saturated heterocycles. The van der Waals surface area contributed by atoms with E-state index in [1.54, 1.807) is 35.6 Å². The Bertz CT molecular complexity index is 780. The predicted molar refractivity (Wildman–Crippen MR) is 101 cm³/mol. The van der Waals surface area contributed by atoms with E-state index in [-0.39, 0.29) is 11.9 Å². The van der Waals surface area contributed by atoms with Gasteiger partial charge in [0.1, 0.15) is 0 Å². The van der Waals surface area contributed by atoms with Crippen LogP contribution in [0.2, 0.25) is 0 Å². The first-order valence-corrected chi connectivity index (χ1v) is 10.8. The average Bonchev–Trinajstić information content (AvgIpc) is 3.14. The first kappa shape index (κ1) is 20.3. The molecule has 0 N–H and O–H groups in total. The highest BCUT2D eigenvalue weighted by Crippen LogP contribution is 2.29. The van der Waals surface area contributed by atoms with Crippen LogP contribution in [0.3, 0.4) is 0 Å². The standard InChI is InChI=1S/C19H28N2O5S/c1-25-11-8-19(22)20-10-7-15-5-6-18(12-16(15)13-20)27(23,24)21-9-3-4-17(21)14-26-2/h5-6,12,17H,3-4,7-11,13-14H2,1-2H3. The number of carbonyl (C=O) groups excluding carboxylic acids is 1. The number of carbonyl (C=O) groups is 1. The van der Waals surface area contributed by atoms with Gasteiger partial charge >= 0.3 is 0 Å². The lowest BCUT2D eigenvalue weighted by Gasteiger charge is -2.30. The monoisotopic (exact) mass is 396 g/mol. The smallest absolute Gasteiger partial charge is 0.243 e. The number of benzene rings is 1. The third-order valence-electron chi connectivity index (χ3n) is 5.35. The second-order valence-corrected chi connectivity index (χ2v) is 9.00. The Kier molecular flexibility index (Phi) is 6.52. The van der Waals surface area contributed by atoms with Gasteiger partial charge in [-0.25, -0.2) is 8.42 Å². The molecule has 0 aromatic heterocycles. The number of fused-ring (bicyclic) bond motifs is 1. The summed E-state index contributed by atoms with van der Waals surface area (Å²) in [5.41, 5.74) is 2.02. The Morgan fingerprint density at radius 3 is 2.74 bits per heavy atom. The maximum Gasteiger partial charge on any atom is 0.243 e. The zero-order chi connectivity index (χ0) is 19.4. The fraction of sp³-hybridized carbons (Fsp3) is 0.632. The molecule has 0 radical (unpaired) electrons. The van der Waals surface area contributed by atoms with Gasteiger partial charge in [-0.1, -0.05) is 6.07 Å². The lowest BCUT2D eigenvalue weighted by molar-refractivity contribution is -0.133. The van der Waals surface area contributed by atoms with E-state index in [1.165, 1.54) is 0 Å². The minimum Gasteiger partial charge on any atom is -0.384 e. The summed E-state index contributed by atoms with van der Waals surface area (Å²) < 4.78 is 38.0. The summed E-state index contributed by atoms with van der Waals surface area (Å²) in [5, 5.41) is 0. The Balaban J connectivity index is 1.80. The molecule has 1 fully saturated rings. The zero-order valence-corrected chi connectivity index (χ0v) is 16.8. The van der Waals surface area contributed by atoms with E-state index in [4.69, 9.17) is 9.47 Å². The summed E-state index contributed by atoms with van der Waals surface area (Å²) in [6.07, 6.45) is 2.75. The van der Waals surface area contributed by atoms with Crippen molar-refractivity contribution in [3.05, 3.63) is 29.3 Å². The van der Waals surface area contributed by atoms with Crippen LogP contribution in [0.25, 0.3) is 0 Å². The fourth-order valence-corrected chi connectivity index (χ4v) is 5.60. The van der Waals surface area contributed by atoms with E-state index in [0.29, 0.717) is 44.2 Å². The van der Waals surface area contributed by atoms with Crippen molar-refractivity contribution in [2.75, 3.05) is 40.5 Å². The summed E-state index contributed by atoms with van der Waals surface area (Å²) in [5.74, 6) is 0.0375. The number of methoxy groups -OCH3 is 2. The van der Waals surface area contributed by atoms with E-state index in [0.717, 1.165) is 30.4 Å². The molecular weight excluding hydrogens is 368 g/mol. The number of amides is 1. The SMILES string of the molecule is COCCC(=O)N1CCc2ccc(S(=O)(=O)N3CCCC3COC)cc2C1. The average molecular weight is 397 g/mol. The van der Waals surface area contributed by atoms with Crippen LogP contribution in [0.1, 0.15) is 30.4 Å². The van der Waals surface area contributed by atoms with Gasteiger partial charge in [0.25, 0.3) is 0 Å². The van der Waals surface area contributed by atoms with Gasteiger partial charge in [0.2, 0.25) is 15.9 Å². The molecule has 0 aliphatic carbocycles. The first-order chi connectivity index (χ1) is 13.0. The number of ether oxygens (including phenoxy) is 2. The van der Waals surface area contributed by atoms with Crippen molar-refractivity contribution in [1.29, 1.82) is 0 Å². The molecule has 1 amide bonds. The second-order valence-electron chi connectivity index (χ2n) is 7.11. The molecule has 27 heavy (non-hydrogen) atoms. The van der Waals surface area contributed by atoms with Crippen molar-refractivity contribution in [1.82, 2.24) is 9.21 Å². The molecule has 150 valence electrons.